The fourth-order valence-corrected chi connectivity index (χ4v) is 4.45. The molecule has 1 amide bonds. The largest absolute Gasteiger partial charge is 0.352 e. The molecular weight excluding hydrogens is 366 g/mol. The monoisotopic (exact) mass is 391 g/mol. The van der Waals surface area contributed by atoms with E-state index in [9.17, 15) is 9.59 Å². The molecule has 1 atom stereocenters. The van der Waals surface area contributed by atoms with Gasteiger partial charge in [-0.25, -0.2) is 0 Å². The van der Waals surface area contributed by atoms with Gasteiger partial charge >= 0.3 is 0 Å². The first kappa shape index (κ1) is 18.9. The molecule has 0 aromatic heterocycles. The Balaban J connectivity index is 2.45. The standard InChI is InChI=1S/C20H26BrNO2/c1-4-7-12-22-20(24)17-16(18(21)13(5-2)6-3)14-10-8-9-11-15(14)19(17)23/h8-11,13,18H,4-7,12H2,1-3H3,(H,22,24). The van der Waals surface area contributed by atoms with Crippen LogP contribution in [-0.4, -0.2) is 23.1 Å². The second kappa shape index (κ2) is 8.61. The zero-order chi connectivity index (χ0) is 17.7. The van der Waals surface area contributed by atoms with Crippen molar-refractivity contribution < 1.29 is 9.59 Å². The summed E-state index contributed by atoms with van der Waals surface area (Å²) in [6.45, 7) is 6.97. The van der Waals surface area contributed by atoms with Crippen LogP contribution in [0.3, 0.4) is 0 Å². The fourth-order valence-electron chi connectivity index (χ4n) is 3.22. The van der Waals surface area contributed by atoms with Crippen LogP contribution in [0.1, 0.15) is 62.4 Å². The Morgan fingerprint density at radius 3 is 2.33 bits per heavy atom. The number of fused-ring (bicyclic) bond motifs is 1. The van der Waals surface area contributed by atoms with Crippen LogP contribution in [0, 0.1) is 5.92 Å². The molecule has 2 rings (SSSR count). The van der Waals surface area contributed by atoms with E-state index >= 15 is 0 Å². The number of rotatable bonds is 8. The van der Waals surface area contributed by atoms with Crippen molar-refractivity contribution in [2.75, 3.05) is 6.54 Å². The van der Waals surface area contributed by atoms with Crippen LogP contribution >= 0.6 is 15.9 Å². The molecule has 1 aliphatic rings. The first-order valence-corrected chi connectivity index (χ1v) is 9.78. The van der Waals surface area contributed by atoms with Crippen molar-refractivity contribution in [1.29, 1.82) is 0 Å². The van der Waals surface area contributed by atoms with Crippen LogP contribution < -0.4 is 5.32 Å². The van der Waals surface area contributed by atoms with Crippen LogP contribution in [-0.2, 0) is 4.79 Å². The fraction of sp³-hybridized carbons (Fsp3) is 0.500. The first-order valence-electron chi connectivity index (χ1n) is 8.87. The molecule has 24 heavy (non-hydrogen) atoms. The molecule has 3 nitrogen and oxygen atoms in total. The number of benzene rings is 1. The van der Waals surface area contributed by atoms with Gasteiger partial charge in [0.1, 0.15) is 0 Å². The molecule has 0 bridgehead atoms. The van der Waals surface area contributed by atoms with Gasteiger partial charge in [-0.2, -0.15) is 0 Å². The predicted molar refractivity (Wildman–Crippen MR) is 102 cm³/mol. The maximum atomic E-state index is 12.8. The van der Waals surface area contributed by atoms with Crippen molar-refractivity contribution in [2.45, 2.75) is 51.3 Å². The van der Waals surface area contributed by atoms with Gasteiger partial charge in [0, 0.05) is 16.9 Å². The Morgan fingerprint density at radius 1 is 1.12 bits per heavy atom. The molecule has 0 radical (unpaired) electrons. The minimum atomic E-state index is -0.241. The number of allylic oxidation sites excluding steroid dienone is 1. The van der Waals surface area contributed by atoms with Gasteiger partial charge in [0.15, 0.2) is 5.78 Å². The number of carbonyl (C=O) groups excluding carboxylic acids is 2. The number of ketones is 1. The maximum absolute atomic E-state index is 12.8. The van der Waals surface area contributed by atoms with E-state index in [0.717, 1.165) is 36.8 Å². The summed E-state index contributed by atoms with van der Waals surface area (Å²) >= 11 is 3.79. The molecule has 1 unspecified atom stereocenters. The molecule has 0 saturated heterocycles. The van der Waals surface area contributed by atoms with Gasteiger partial charge in [-0.15, -0.1) is 0 Å². The number of unbranched alkanes of at least 4 members (excludes halogenated alkanes) is 1. The number of Topliss-reactive ketones (excluding diaryl/α,β-unsaturated/α-hetero) is 1. The SMILES string of the molecule is CCCCNC(=O)C1=C(C(Br)C(CC)CC)c2ccccc2C1=O. The van der Waals surface area contributed by atoms with Gasteiger partial charge in [0.05, 0.1) is 5.57 Å². The highest BCUT2D eigenvalue weighted by atomic mass is 79.9. The predicted octanol–water partition coefficient (Wildman–Crippen LogP) is 4.75. The Labute approximate surface area is 153 Å². The molecule has 0 aliphatic heterocycles. The Bertz CT molecular complexity index is 647. The van der Waals surface area contributed by atoms with Gasteiger partial charge in [-0.3, -0.25) is 9.59 Å². The lowest BCUT2D eigenvalue weighted by Crippen LogP contribution is -2.29. The summed E-state index contributed by atoms with van der Waals surface area (Å²) in [7, 11) is 0. The summed E-state index contributed by atoms with van der Waals surface area (Å²) in [5, 5.41) is 2.91. The van der Waals surface area contributed by atoms with E-state index in [1.54, 1.807) is 0 Å². The third kappa shape index (κ3) is 3.64. The van der Waals surface area contributed by atoms with Crippen molar-refractivity contribution in [3.8, 4) is 0 Å². The van der Waals surface area contributed by atoms with Crippen LogP contribution in [0.5, 0.6) is 0 Å². The highest BCUT2D eigenvalue weighted by molar-refractivity contribution is 9.09. The van der Waals surface area contributed by atoms with Crippen LogP contribution in [0.15, 0.2) is 29.8 Å². The molecule has 0 saturated carbocycles. The quantitative estimate of drug-likeness (QED) is 0.394. The van der Waals surface area contributed by atoms with Crippen LogP contribution in [0.2, 0.25) is 0 Å². The second-order valence-corrected chi connectivity index (χ2v) is 7.24. The summed E-state index contributed by atoms with van der Waals surface area (Å²) in [5.41, 5.74) is 2.72. The van der Waals surface area contributed by atoms with Crippen LogP contribution in [0.25, 0.3) is 5.57 Å². The molecule has 1 aliphatic carbocycles. The summed E-state index contributed by atoms with van der Waals surface area (Å²) in [4.78, 5) is 25.6. The highest BCUT2D eigenvalue weighted by Gasteiger charge is 2.37. The Morgan fingerprint density at radius 2 is 1.75 bits per heavy atom. The van der Waals surface area contributed by atoms with Gasteiger partial charge in [0.25, 0.3) is 5.91 Å². The molecule has 0 heterocycles. The number of hydrogen-bond acceptors (Lipinski definition) is 2. The molecule has 130 valence electrons. The van der Waals surface area contributed by atoms with Gasteiger partial charge in [0.2, 0.25) is 0 Å². The van der Waals surface area contributed by atoms with Crippen molar-refractivity contribution in [1.82, 2.24) is 5.32 Å². The molecule has 1 aromatic rings. The average molecular weight is 392 g/mol. The van der Waals surface area contributed by atoms with Gasteiger partial charge in [-0.05, 0) is 23.5 Å². The topological polar surface area (TPSA) is 46.2 Å². The lowest BCUT2D eigenvalue weighted by Gasteiger charge is -2.22. The Kier molecular flexibility index (Phi) is 6.79. The summed E-state index contributed by atoms with van der Waals surface area (Å²) in [6, 6.07) is 7.55. The van der Waals surface area contributed by atoms with Crippen molar-refractivity contribution >= 4 is 33.2 Å². The third-order valence-electron chi connectivity index (χ3n) is 4.74. The number of amides is 1. The van der Waals surface area contributed by atoms with E-state index in [1.807, 2.05) is 24.3 Å². The lowest BCUT2D eigenvalue weighted by molar-refractivity contribution is -0.117. The molecule has 1 N–H and O–H groups in total. The smallest absolute Gasteiger partial charge is 0.255 e. The van der Waals surface area contributed by atoms with E-state index in [-0.39, 0.29) is 16.5 Å². The van der Waals surface area contributed by atoms with Crippen LogP contribution in [0.4, 0.5) is 0 Å². The number of nitrogens with one attached hydrogen (secondary N) is 1. The minimum Gasteiger partial charge on any atom is -0.352 e. The summed E-state index contributed by atoms with van der Waals surface area (Å²) < 4.78 is 0. The second-order valence-electron chi connectivity index (χ2n) is 6.25. The molecule has 0 fully saturated rings. The highest BCUT2D eigenvalue weighted by Crippen LogP contribution is 2.41. The molecule has 1 aromatic carbocycles. The van der Waals surface area contributed by atoms with Crippen molar-refractivity contribution in [3.05, 3.63) is 41.0 Å². The van der Waals surface area contributed by atoms with E-state index in [2.05, 4.69) is 42.0 Å². The lowest BCUT2D eigenvalue weighted by atomic mass is 9.90. The Hall–Kier alpha value is -1.42. The van der Waals surface area contributed by atoms with Crippen molar-refractivity contribution in [3.63, 3.8) is 0 Å². The number of carbonyl (C=O) groups is 2. The first-order chi connectivity index (χ1) is 11.6. The van der Waals surface area contributed by atoms with E-state index in [1.165, 1.54) is 0 Å². The normalized spacial score (nSPS) is 15.0. The van der Waals surface area contributed by atoms with Crippen molar-refractivity contribution in [2.24, 2.45) is 5.92 Å². The maximum Gasteiger partial charge on any atom is 0.255 e. The summed E-state index contributed by atoms with van der Waals surface area (Å²) in [6.07, 6.45) is 3.92. The molecule has 4 heteroatoms. The molecule has 0 spiro atoms. The average Bonchev–Trinajstić information content (AvgIpc) is 2.89. The number of alkyl halides is 1. The zero-order valence-corrected chi connectivity index (χ0v) is 16.3. The summed E-state index contributed by atoms with van der Waals surface area (Å²) in [5.74, 6) is -0.00235. The number of hydrogen-bond donors (Lipinski definition) is 1. The zero-order valence-electron chi connectivity index (χ0n) is 14.7. The number of halogens is 1. The van der Waals surface area contributed by atoms with Gasteiger partial charge < -0.3 is 5.32 Å². The third-order valence-corrected chi connectivity index (χ3v) is 5.95. The van der Waals surface area contributed by atoms with E-state index in [4.69, 9.17) is 0 Å². The molecular formula is C20H26BrNO2. The van der Waals surface area contributed by atoms with E-state index in [0.29, 0.717) is 23.6 Å². The minimum absolute atomic E-state index is 0.00650. The van der Waals surface area contributed by atoms with E-state index < -0.39 is 0 Å². The van der Waals surface area contributed by atoms with Gasteiger partial charge in [-0.1, -0.05) is 80.2 Å².